The SMILES string of the molecule is COc1ccncc1N(O)C(=O)c1ccc2c(c1)CC[C@@]1(CCNC1=O)C2. The molecule has 4 rings (SSSR count). The normalized spacial score (nSPS) is 20.9. The Bertz CT molecular complexity index is 914. The van der Waals surface area contributed by atoms with Gasteiger partial charge in [0.2, 0.25) is 5.91 Å². The second-order valence-electron chi connectivity index (χ2n) is 7.11. The van der Waals surface area contributed by atoms with Crippen LogP contribution < -0.4 is 15.1 Å². The third-order valence-electron chi connectivity index (χ3n) is 5.63. The zero-order chi connectivity index (χ0) is 19.0. The third kappa shape index (κ3) is 2.94. The van der Waals surface area contributed by atoms with Crippen molar-refractivity contribution in [2.75, 3.05) is 18.7 Å². The molecule has 140 valence electrons. The van der Waals surface area contributed by atoms with Crippen LogP contribution in [-0.2, 0) is 17.6 Å². The molecule has 1 aliphatic carbocycles. The predicted molar refractivity (Wildman–Crippen MR) is 97.9 cm³/mol. The van der Waals surface area contributed by atoms with Crippen LogP contribution in [0.25, 0.3) is 0 Å². The van der Waals surface area contributed by atoms with Gasteiger partial charge in [-0.05, 0) is 48.9 Å². The number of anilines is 1. The molecule has 0 unspecified atom stereocenters. The van der Waals surface area contributed by atoms with Crippen molar-refractivity contribution in [2.24, 2.45) is 5.41 Å². The van der Waals surface area contributed by atoms with Crippen LogP contribution in [0.15, 0.2) is 36.7 Å². The minimum absolute atomic E-state index is 0.138. The van der Waals surface area contributed by atoms with E-state index in [0.29, 0.717) is 22.8 Å². The summed E-state index contributed by atoms with van der Waals surface area (Å²) in [5.74, 6) is -0.0606. The average Bonchev–Trinajstić information content (AvgIpc) is 3.05. The number of aryl methyl sites for hydroxylation is 1. The Labute approximate surface area is 156 Å². The molecule has 0 bridgehead atoms. The second kappa shape index (κ2) is 6.66. The van der Waals surface area contributed by atoms with Gasteiger partial charge >= 0.3 is 0 Å². The molecule has 2 N–H and O–H groups in total. The lowest BCUT2D eigenvalue weighted by atomic mass is 9.70. The van der Waals surface area contributed by atoms with Gasteiger partial charge in [-0.3, -0.25) is 19.8 Å². The molecule has 7 heteroatoms. The van der Waals surface area contributed by atoms with Crippen LogP contribution in [0, 0.1) is 5.41 Å². The molecule has 1 aromatic carbocycles. The van der Waals surface area contributed by atoms with Gasteiger partial charge in [-0.25, -0.2) is 0 Å². The van der Waals surface area contributed by atoms with E-state index < -0.39 is 5.91 Å². The highest BCUT2D eigenvalue weighted by Crippen LogP contribution is 2.41. The smallest absolute Gasteiger partial charge is 0.282 e. The van der Waals surface area contributed by atoms with Crippen LogP contribution in [0.2, 0.25) is 0 Å². The molecule has 1 spiro atoms. The minimum Gasteiger partial charge on any atom is -0.494 e. The van der Waals surface area contributed by atoms with Crippen LogP contribution >= 0.6 is 0 Å². The van der Waals surface area contributed by atoms with Gasteiger partial charge in [0.1, 0.15) is 11.4 Å². The molecule has 0 radical (unpaired) electrons. The fourth-order valence-electron chi connectivity index (χ4n) is 4.05. The predicted octanol–water partition coefficient (Wildman–Crippen LogP) is 2.12. The highest BCUT2D eigenvalue weighted by atomic mass is 16.5. The number of carbonyl (C=O) groups is 2. The number of ether oxygens (including phenoxy) is 1. The number of methoxy groups -OCH3 is 1. The molecule has 2 heterocycles. The van der Waals surface area contributed by atoms with Gasteiger partial charge in [-0.1, -0.05) is 6.07 Å². The quantitative estimate of drug-likeness (QED) is 0.640. The van der Waals surface area contributed by atoms with E-state index in [1.165, 1.54) is 19.5 Å². The van der Waals surface area contributed by atoms with Crippen LogP contribution in [0.4, 0.5) is 5.69 Å². The van der Waals surface area contributed by atoms with Crippen molar-refractivity contribution in [1.82, 2.24) is 10.3 Å². The maximum atomic E-state index is 12.7. The molecule has 1 fully saturated rings. The molecule has 1 aromatic heterocycles. The standard InChI is InChI=1S/C20H21N3O4/c1-27-17-5-8-21-12-16(17)23(26)18(24)14-2-3-15-11-20(6-4-13(15)10-14)7-9-22-19(20)25/h2-3,5,8,10,12,26H,4,6-7,9,11H2,1H3,(H,22,25)/t20-/m1/s1. The van der Waals surface area contributed by atoms with Gasteiger partial charge < -0.3 is 10.1 Å². The summed E-state index contributed by atoms with van der Waals surface area (Å²) in [6.07, 6.45) is 5.97. The number of nitrogens with one attached hydrogen (secondary N) is 1. The number of amides is 2. The Balaban J connectivity index is 1.59. The summed E-state index contributed by atoms with van der Waals surface area (Å²) in [5, 5.41) is 13.9. The molecule has 0 saturated carbocycles. The lowest BCUT2D eigenvalue weighted by molar-refractivity contribution is -0.128. The fourth-order valence-corrected chi connectivity index (χ4v) is 4.05. The number of pyridine rings is 1. The Morgan fingerprint density at radius 3 is 2.89 bits per heavy atom. The van der Waals surface area contributed by atoms with Crippen molar-refractivity contribution < 1.29 is 19.5 Å². The van der Waals surface area contributed by atoms with E-state index in [1.54, 1.807) is 12.1 Å². The molecular weight excluding hydrogens is 346 g/mol. The molecular formula is C20H21N3O4. The summed E-state index contributed by atoms with van der Waals surface area (Å²) in [4.78, 5) is 28.9. The maximum Gasteiger partial charge on any atom is 0.282 e. The summed E-state index contributed by atoms with van der Waals surface area (Å²) < 4.78 is 5.17. The number of hydrogen-bond donors (Lipinski definition) is 2. The number of hydrogen-bond acceptors (Lipinski definition) is 5. The molecule has 27 heavy (non-hydrogen) atoms. The second-order valence-corrected chi connectivity index (χ2v) is 7.11. The lowest BCUT2D eigenvalue weighted by Crippen LogP contribution is -2.36. The van der Waals surface area contributed by atoms with Crippen molar-refractivity contribution in [3.05, 3.63) is 53.3 Å². The van der Waals surface area contributed by atoms with E-state index >= 15 is 0 Å². The van der Waals surface area contributed by atoms with Gasteiger partial charge in [0.15, 0.2) is 0 Å². The highest BCUT2D eigenvalue weighted by molar-refractivity contribution is 6.05. The van der Waals surface area contributed by atoms with Crippen LogP contribution in [0.3, 0.4) is 0 Å². The summed E-state index contributed by atoms with van der Waals surface area (Å²) in [7, 11) is 1.46. The van der Waals surface area contributed by atoms with E-state index in [0.717, 1.165) is 36.9 Å². The number of hydroxylamine groups is 1. The van der Waals surface area contributed by atoms with Gasteiger partial charge in [0.05, 0.1) is 18.7 Å². The van der Waals surface area contributed by atoms with E-state index in [9.17, 15) is 14.8 Å². The minimum atomic E-state index is -0.553. The average molecular weight is 367 g/mol. The van der Waals surface area contributed by atoms with Crippen molar-refractivity contribution in [3.8, 4) is 5.75 Å². The molecule has 1 saturated heterocycles. The van der Waals surface area contributed by atoms with E-state index in [-0.39, 0.29) is 17.0 Å². The zero-order valence-electron chi connectivity index (χ0n) is 15.1. The van der Waals surface area contributed by atoms with E-state index in [2.05, 4.69) is 10.3 Å². The fraction of sp³-hybridized carbons (Fsp3) is 0.350. The summed E-state index contributed by atoms with van der Waals surface area (Å²) in [6.45, 7) is 0.733. The number of fused-ring (bicyclic) bond motifs is 1. The maximum absolute atomic E-state index is 12.7. The van der Waals surface area contributed by atoms with Crippen LogP contribution in [-0.4, -0.2) is 35.7 Å². The molecule has 2 aromatic rings. The molecule has 1 aliphatic heterocycles. The third-order valence-corrected chi connectivity index (χ3v) is 5.63. The van der Waals surface area contributed by atoms with Crippen LogP contribution in [0.1, 0.15) is 34.3 Å². The molecule has 2 amide bonds. The molecule has 2 aliphatic rings. The Morgan fingerprint density at radius 1 is 1.30 bits per heavy atom. The first kappa shape index (κ1) is 17.5. The summed E-state index contributed by atoms with van der Waals surface area (Å²) in [6, 6.07) is 6.97. The van der Waals surface area contributed by atoms with Crippen LogP contribution in [0.5, 0.6) is 5.75 Å². The largest absolute Gasteiger partial charge is 0.494 e. The molecule has 1 atom stereocenters. The summed E-state index contributed by atoms with van der Waals surface area (Å²) in [5.41, 5.74) is 2.42. The topological polar surface area (TPSA) is 91.8 Å². The number of benzene rings is 1. The van der Waals surface area contributed by atoms with Crippen molar-refractivity contribution >= 4 is 17.5 Å². The number of aromatic nitrogens is 1. The van der Waals surface area contributed by atoms with E-state index in [1.807, 2.05) is 12.1 Å². The number of carbonyl (C=O) groups excluding carboxylic acids is 2. The lowest BCUT2D eigenvalue weighted by Gasteiger charge is -2.32. The van der Waals surface area contributed by atoms with Gasteiger partial charge in [-0.15, -0.1) is 0 Å². The Morgan fingerprint density at radius 2 is 2.15 bits per heavy atom. The first-order chi connectivity index (χ1) is 13.0. The van der Waals surface area contributed by atoms with Crippen molar-refractivity contribution in [2.45, 2.75) is 25.7 Å². The number of rotatable bonds is 3. The van der Waals surface area contributed by atoms with Crippen molar-refractivity contribution in [1.29, 1.82) is 0 Å². The monoisotopic (exact) mass is 367 g/mol. The first-order valence-corrected chi connectivity index (χ1v) is 8.95. The van der Waals surface area contributed by atoms with E-state index in [4.69, 9.17) is 4.74 Å². The summed E-state index contributed by atoms with van der Waals surface area (Å²) >= 11 is 0. The number of nitrogens with zero attached hydrogens (tertiary/aromatic N) is 2. The first-order valence-electron chi connectivity index (χ1n) is 8.95. The molecule has 7 nitrogen and oxygen atoms in total. The Kier molecular flexibility index (Phi) is 4.31. The zero-order valence-corrected chi connectivity index (χ0v) is 15.1. The van der Waals surface area contributed by atoms with Gasteiger partial charge in [0.25, 0.3) is 5.91 Å². The van der Waals surface area contributed by atoms with Gasteiger partial charge in [0, 0.05) is 24.4 Å². The highest BCUT2D eigenvalue weighted by Gasteiger charge is 2.44. The van der Waals surface area contributed by atoms with Gasteiger partial charge in [-0.2, -0.15) is 5.06 Å². The Hall–Kier alpha value is -2.93. The van der Waals surface area contributed by atoms with Crippen molar-refractivity contribution in [3.63, 3.8) is 0 Å².